The minimum absolute atomic E-state index is 0.0369. The Bertz CT molecular complexity index is 960. The highest BCUT2D eigenvalue weighted by atomic mass is 16.5. The van der Waals surface area contributed by atoms with Gasteiger partial charge in [0.2, 0.25) is 5.91 Å². The van der Waals surface area contributed by atoms with Crippen LogP contribution in [0.3, 0.4) is 0 Å². The molecule has 0 aliphatic carbocycles. The van der Waals surface area contributed by atoms with Crippen LogP contribution in [0.15, 0.2) is 42.5 Å². The number of nitrogens with zero attached hydrogens (tertiary/aromatic N) is 1. The molecule has 2 amide bonds. The molecule has 2 unspecified atom stereocenters. The number of carboxylic acids is 1. The van der Waals surface area contributed by atoms with Crippen LogP contribution in [-0.4, -0.2) is 48.1 Å². The number of hydrogen-bond donors (Lipinski definition) is 3. The van der Waals surface area contributed by atoms with Gasteiger partial charge in [-0.25, -0.2) is 0 Å². The molecule has 3 rings (SSSR count). The second-order valence-corrected chi connectivity index (χ2v) is 7.02. The van der Waals surface area contributed by atoms with Gasteiger partial charge in [-0.15, -0.1) is 0 Å². The zero-order valence-electron chi connectivity index (χ0n) is 17.7. The van der Waals surface area contributed by atoms with Gasteiger partial charge in [-0.2, -0.15) is 0 Å². The van der Waals surface area contributed by atoms with Crippen molar-refractivity contribution in [3.05, 3.63) is 59.2 Å². The molecule has 0 fully saturated rings. The quantitative estimate of drug-likeness (QED) is 0.607. The van der Waals surface area contributed by atoms with E-state index in [0.717, 1.165) is 11.1 Å². The molecule has 2 atom stereocenters. The number of fused-ring (bicyclic) bond motifs is 1. The third-order valence-corrected chi connectivity index (χ3v) is 4.80. The number of carbonyl (C=O) groups is 3. The third kappa shape index (κ3) is 5.73. The highest BCUT2D eigenvalue weighted by Gasteiger charge is 2.34. The Morgan fingerprint density at radius 1 is 1.13 bits per heavy atom. The van der Waals surface area contributed by atoms with Gasteiger partial charge in [-0.1, -0.05) is 24.3 Å². The van der Waals surface area contributed by atoms with Crippen molar-refractivity contribution in [1.29, 1.82) is 0 Å². The molecule has 166 valence electrons. The molecule has 5 N–H and O–H groups in total. The first-order chi connectivity index (χ1) is 14.7. The molecule has 0 saturated carbocycles. The minimum atomic E-state index is -0.963. The number of amides is 2. The van der Waals surface area contributed by atoms with Crippen LogP contribution in [0.1, 0.15) is 40.9 Å². The SMILES string of the molecule is CC(N)C(=O)O.COc1ccc(C(CC(N)=O)N2Cc3ccccc3C2=O)cc1OC. The van der Waals surface area contributed by atoms with Gasteiger partial charge >= 0.3 is 5.97 Å². The fourth-order valence-electron chi connectivity index (χ4n) is 3.19. The zero-order valence-corrected chi connectivity index (χ0v) is 17.7. The number of primary amides is 1. The molecule has 9 heteroatoms. The van der Waals surface area contributed by atoms with Crippen LogP contribution < -0.4 is 20.9 Å². The summed E-state index contributed by atoms with van der Waals surface area (Å²) in [5.74, 6) is -0.408. The van der Waals surface area contributed by atoms with Crippen molar-refractivity contribution in [2.75, 3.05) is 14.2 Å². The molecular weight excluding hydrogens is 402 g/mol. The largest absolute Gasteiger partial charge is 0.493 e. The maximum atomic E-state index is 12.8. The van der Waals surface area contributed by atoms with Crippen molar-refractivity contribution in [3.8, 4) is 11.5 Å². The highest BCUT2D eigenvalue weighted by Crippen LogP contribution is 2.37. The van der Waals surface area contributed by atoms with E-state index in [0.29, 0.717) is 23.6 Å². The van der Waals surface area contributed by atoms with Crippen LogP contribution in [-0.2, 0) is 16.1 Å². The predicted octanol–water partition coefficient (Wildman–Crippen LogP) is 1.69. The number of rotatable bonds is 7. The first-order valence-electron chi connectivity index (χ1n) is 9.57. The summed E-state index contributed by atoms with van der Waals surface area (Å²) in [6.45, 7) is 1.86. The highest BCUT2D eigenvalue weighted by molar-refractivity contribution is 5.98. The van der Waals surface area contributed by atoms with Crippen molar-refractivity contribution in [2.45, 2.75) is 32.0 Å². The van der Waals surface area contributed by atoms with Crippen molar-refractivity contribution in [3.63, 3.8) is 0 Å². The first-order valence-corrected chi connectivity index (χ1v) is 9.57. The van der Waals surface area contributed by atoms with Gasteiger partial charge in [-0.3, -0.25) is 14.4 Å². The van der Waals surface area contributed by atoms with E-state index in [1.54, 1.807) is 37.3 Å². The summed E-state index contributed by atoms with van der Waals surface area (Å²) < 4.78 is 10.6. The van der Waals surface area contributed by atoms with E-state index in [2.05, 4.69) is 0 Å². The summed E-state index contributed by atoms with van der Waals surface area (Å²) in [5.41, 5.74) is 12.7. The Labute approximate surface area is 180 Å². The number of methoxy groups -OCH3 is 2. The zero-order chi connectivity index (χ0) is 23.1. The number of nitrogens with two attached hydrogens (primary N) is 2. The van der Waals surface area contributed by atoms with E-state index in [9.17, 15) is 14.4 Å². The van der Waals surface area contributed by atoms with Gasteiger partial charge in [0.1, 0.15) is 6.04 Å². The molecular formula is C22H27N3O6. The van der Waals surface area contributed by atoms with Crippen molar-refractivity contribution >= 4 is 17.8 Å². The van der Waals surface area contributed by atoms with Gasteiger partial charge < -0.3 is 30.9 Å². The van der Waals surface area contributed by atoms with E-state index in [-0.39, 0.29) is 12.3 Å². The second kappa shape index (κ2) is 10.4. The lowest BCUT2D eigenvalue weighted by atomic mass is 10.0. The smallest absolute Gasteiger partial charge is 0.320 e. The van der Waals surface area contributed by atoms with E-state index < -0.39 is 24.0 Å². The number of ether oxygens (including phenoxy) is 2. The number of aliphatic carboxylic acids is 1. The summed E-state index contributed by atoms with van der Waals surface area (Å²) in [6.07, 6.45) is 0.0369. The molecule has 0 bridgehead atoms. The summed E-state index contributed by atoms with van der Waals surface area (Å²) in [7, 11) is 3.10. The van der Waals surface area contributed by atoms with Gasteiger partial charge in [0.15, 0.2) is 11.5 Å². The maximum Gasteiger partial charge on any atom is 0.320 e. The molecule has 2 aromatic carbocycles. The first kappa shape index (κ1) is 23.7. The van der Waals surface area contributed by atoms with Crippen molar-refractivity contribution in [2.24, 2.45) is 11.5 Å². The average Bonchev–Trinajstić information content (AvgIpc) is 3.08. The Morgan fingerprint density at radius 3 is 2.26 bits per heavy atom. The molecule has 0 saturated heterocycles. The Hall–Kier alpha value is -3.59. The second-order valence-electron chi connectivity index (χ2n) is 7.02. The lowest BCUT2D eigenvalue weighted by Gasteiger charge is -2.28. The number of benzene rings is 2. The molecule has 0 spiro atoms. The topological polar surface area (TPSA) is 145 Å². The summed E-state index contributed by atoms with van der Waals surface area (Å²) in [4.78, 5) is 35.7. The molecule has 2 aromatic rings. The van der Waals surface area contributed by atoms with Crippen LogP contribution in [0.25, 0.3) is 0 Å². The van der Waals surface area contributed by atoms with E-state index >= 15 is 0 Å². The standard InChI is InChI=1S/C19H20N2O4.C3H7NO2/c1-24-16-8-7-12(9-17(16)25-2)15(10-18(20)22)21-11-13-5-3-4-6-14(13)19(21)23;1-2(4)3(5)6/h3-9,15H,10-11H2,1-2H3,(H2,20,22);2H,4H2,1H3,(H,5,6). The summed E-state index contributed by atoms with van der Waals surface area (Å²) >= 11 is 0. The molecule has 1 heterocycles. The summed E-state index contributed by atoms with van der Waals surface area (Å²) in [5, 5.41) is 7.87. The van der Waals surface area contributed by atoms with Crippen LogP contribution in [0.5, 0.6) is 11.5 Å². The van der Waals surface area contributed by atoms with Crippen LogP contribution >= 0.6 is 0 Å². The van der Waals surface area contributed by atoms with Gasteiger partial charge in [0, 0.05) is 12.1 Å². The minimum Gasteiger partial charge on any atom is -0.493 e. The van der Waals surface area contributed by atoms with E-state index in [4.69, 9.17) is 26.0 Å². The van der Waals surface area contributed by atoms with Crippen LogP contribution in [0, 0.1) is 0 Å². The average molecular weight is 429 g/mol. The lowest BCUT2D eigenvalue weighted by Crippen LogP contribution is -2.32. The Balaban J connectivity index is 0.000000501. The van der Waals surface area contributed by atoms with E-state index in [1.165, 1.54) is 6.92 Å². The Kier molecular flexibility index (Phi) is 7.98. The van der Waals surface area contributed by atoms with Gasteiger partial charge in [0.25, 0.3) is 5.91 Å². The number of hydrogen-bond acceptors (Lipinski definition) is 6. The predicted molar refractivity (Wildman–Crippen MR) is 114 cm³/mol. The summed E-state index contributed by atoms with van der Waals surface area (Å²) in [6, 6.07) is 11.6. The molecule has 1 aliphatic heterocycles. The van der Waals surface area contributed by atoms with Crippen LogP contribution in [0.4, 0.5) is 0 Å². The number of carbonyl (C=O) groups excluding carboxylic acids is 2. The van der Waals surface area contributed by atoms with Crippen molar-refractivity contribution < 1.29 is 29.0 Å². The van der Waals surface area contributed by atoms with Gasteiger partial charge in [0.05, 0.1) is 26.7 Å². The van der Waals surface area contributed by atoms with E-state index in [1.807, 2.05) is 24.3 Å². The lowest BCUT2D eigenvalue weighted by molar-refractivity contribution is -0.138. The molecule has 9 nitrogen and oxygen atoms in total. The monoisotopic (exact) mass is 429 g/mol. The Morgan fingerprint density at radius 2 is 1.74 bits per heavy atom. The number of carboxylic acid groups (broad SMARTS) is 1. The molecule has 1 aliphatic rings. The fourth-order valence-corrected chi connectivity index (χ4v) is 3.19. The molecule has 31 heavy (non-hydrogen) atoms. The maximum absolute atomic E-state index is 12.8. The fraction of sp³-hybridized carbons (Fsp3) is 0.318. The normalized spacial score (nSPS) is 14.1. The van der Waals surface area contributed by atoms with Crippen LogP contribution in [0.2, 0.25) is 0 Å². The molecule has 0 aromatic heterocycles. The molecule has 0 radical (unpaired) electrons. The van der Waals surface area contributed by atoms with Gasteiger partial charge in [-0.05, 0) is 36.2 Å². The third-order valence-electron chi connectivity index (χ3n) is 4.80. The van der Waals surface area contributed by atoms with Crippen molar-refractivity contribution in [1.82, 2.24) is 4.90 Å².